The number of hydrogen-bond donors (Lipinski definition) is 2. The normalized spacial score (nSPS) is 16.1. The Morgan fingerprint density at radius 2 is 2.07 bits per heavy atom. The van der Waals surface area contributed by atoms with E-state index in [9.17, 15) is 27.8 Å². The second-order valence-corrected chi connectivity index (χ2v) is 7.82. The molecule has 1 aromatic rings. The van der Waals surface area contributed by atoms with Gasteiger partial charge in [0.05, 0.1) is 12.5 Å². The number of ether oxygens (including phenoxy) is 1. The summed E-state index contributed by atoms with van der Waals surface area (Å²) in [5.41, 5.74) is 0.781. The first-order chi connectivity index (χ1) is 14.1. The van der Waals surface area contributed by atoms with Crippen LogP contribution in [0, 0.1) is 5.92 Å². The molecule has 0 saturated carbocycles. The van der Waals surface area contributed by atoms with Gasteiger partial charge in [-0.3, -0.25) is 4.79 Å². The lowest BCUT2D eigenvalue weighted by Crippen LogP contribution is -2.53. The number of amides is 1. The van der Waals surface area contributed by atoms with Crippen molar-refractivity contribution in [2.45, 2.75) is 64.5 Å². The van der Waals surface area contributed by atoms with Gasteiger partial charge in [-0.15, -0.1) is 0 Å². The van der Waals surface area contributed by atoms with Crippen molar-refractivity contribution >= 4 is 19.0 Å². The molecule has 0 spiro atoms. The van der Waals surface area contributed by atoms with Crippen molar-refractivity contribution in [2.24, 2.45) is 5.92 Å². The monoisotopic (exact) mass is 429 g/mol. The van der Waals surface area contributed by atoms with Crippen LogP contribution in [0.1, 0.15) is 61.9 Å². The van der Waals surface area contributed by atoms with Gasteiger partial charge in [-0.05, 0) is 43.2 Å². The van der Waals surface area contributed by atoms with Gasteiger partial charge in [0.1, 0.15) is 11.3 Å². The van der Waals surface area contributed by atoms with Crippen LogP contribution in [-0.2, 0) is 16.0 Å². The summed E-state index contributed by atoms with van der Waals surface area (Å²) in [7, 11) is -1.43. The van der Waals surface area contributed by atoms with Gasteiger partial charge in [0.2, 0.25) is 5.91 Å². The molecule has 10 heteroatoms. The highest BCUT2D eigenvalue weighted by Gasteiger charge is 2.38. The van der Waals surface area contributed by atoms with E-state index in [0.717, 1.165) is 12.8 Å². The highest BCUT2D eigenvalue weighted by molar-refractivity contribution is 6.47. The number of rotatable bonds is 9. The van der Waals surface area contributed by atoms with E-state index >= 15 is 0 Å². The molecule has 2 rings (SSSR count). The van der Waals surface area contributed by atoms with E-state index < -0.39 is 37.5 Å². The van der Waals surface area contributed by atoms with Crippen molar-refractivity contribution in [2.75, 3.05) is 6.61 Å². The number of hydrogen-bond acceptors (Lipinski definition) is 5. The zero-order valence-electron chi connectivity index (χ0n) is 17.1. The molecule has 0 aliphatic carbocycles. The maximum Gasteiger partial charge on any atom is 0.547 e. The molecule has 6 nitrogen and oxygen atoms in total. The largest absolute Gasteiger partial charge is 0.547 e. The van der Waals surface area contributed by atoms with E-state index in [4.69, 9.17) is 9.39 Å². The molecular weight excluding hydrogens is 402 g/mol. The summed E-state index contributed by atoms with van der Waals surface area (Å²) in [6.45, 7) is 4.44. The van der Waals surface area contributed by atoms with E-state index in [1.807, 2.05) is 0 Å². The molecule has 0 bridgehead atoms. The fraction of sp³-hybridized carbons (Fsp3) is 0.600. The van der Waals surface area contributed by atoms with Crippen LogP contribution in [0.25, 0.3) is 0 Å². The Hall–Kier alpha value is -2.23. The second kappa shape index (κ2) is 10.7. The standard InChI is InChI=1S/C20H27BF3NO5/c1-13(2)6-5-11-29-19(27)15-8-3-7-14-12-16(21(28)30-18(14)15)25-17(26)9-4-10-20(22,23)24/h3,7-8,13,16,28H,4-6,9-12H2,1-2H3,(H,25,26)/t16-/m0/s1. The van der Waals surface area contributed by atoms with Gasteiger partial charge >= 0.3 is 19.3 Å². The maximum absolute atomic E-state index is 12.4. The van der Waals surface area contributed by atoms with Gasteiger partial charge in [-0.2, -0.15) is 13.2 Å². The highest BCUT2D eigenvalue weighted by atomic mass is 19.4. The first-order valence-corrected chi connectivity index (χ1v) is 10.1. The van der Waals surface area contributed by atoms with E-state index in [1.54, 1.807) is 12.1 Å². The number of carbonyl (C=O) groups is 2. The lowest BCUT2D eigenvalue weighted by Gasteiger charge is -2.29. The van der Waals surface area contributed by atoms with Crippen LogP contribution in [0.2, 0.25) is 0 Å². The Morgan fingerprint density at radius 3 is 2.73 bits per heavy atom. The summed E-state index contributed by atoms with van der Waals surface area (Å²) < 4.78 is 47.3. The smallest absolute Gasteiger partial charge is 0.534 e. The second-order valence-electron chi connectivity index (χ2n) is 7.82. The number of halogens is 3. The number of nitrogens with one attached hydrogen (secondary N) is 1. The molecule has 0 fully saturated rings. The summed E-state index contributed by atoms with van der Waals surface area (Å²) in [6.07, 6.45) is -4.15. The number of para-hydroxylation sites is 1. The van der Waals surface area contributed by atoms with Crippen LogP contribution in [0.4, 0.5) is 13.2 Å². The first kappa shape index (κ1) is 24.0. The Morgan fingerprint density at radius 1 is 1.33 bits per heavy atom. The average molecular weight is 429 g/mol. The van der Waals surface area contributed by atoms with E-state index in [0.29, 0.717) is 11.5 Å². The fourth-order valence-corrected chi connectivity index (χ4v) is 3.17. The van der Waals surface area contributed by atoms with Gasteiger partial charge in [0.25, 0.3) is 0 Å². The fourth-order valence-electron chi connectivity index (χ4n) is 3.17. The van der Waals surface area contributed by atoms with Crippen LogP contribution in [0.5, 0.6) is 5.75 Å². The molecule has 2 N–H and O–H groups in total. The zero-order valence-corrected chi connectivity index (χ0v) is 17.1. The minimum Gasteiger partial charge on any atom is -0.534 e. The number of carbonyl (C=O) groups excluding carboxylic acids is 2. The summed E-state index contributed by atoms with van der Waals surface area (Å²) in [5, 5.41) is 12.7. The molecule has 0 unspecified atom stereocenters. The first-order valence-electron chi connectivity index (χ1n) is 10.1. The van der Waals surface area contributed by atoms with Crippen molar-refractivity contribution < 1.29 is 37.2 Å². The van der Waals surface area contributed by atoms with Gasteiger partial charge < -0.3 is 19.7 Å². The SMILES string of the molecule is CC(C)CCCOC(=O)c1cccc2c1OB(O)[C@@H](NC(=O)CCCC(F)(F)F)C2. The summed E-state index contributed by atoms with van der Waals surface area (Å²) >= 11 is 0. The van der Waals surface area contributed by atoms with Crippen molar-refractivity contribution in [3.05, 3.63) is 29.3 Å². The third-order valence-electron chi connectivity index (χ3n) is 4.71. The number of benzene rings is 1. The Labute approximate surface area is 174 Å². The summed E-state index contributed by atoms with van der Waals surface area (Å²) in [5.74, 6) is -1.28. The Kier molecular flexibility index (Phi) is 8.58. The number of fused-ring (bicyclic) bond motifs is 1. The van der Waals surface area contributed by atoms with Crippen LogP contribution in [0.15, 0.2) is 18.2 Å². The molecular formula is C20H27BF3NO5. The van der Waals surface area contributed by atoms with Crippen LogP contribution < -0.4 is 9.97 Å². The maximum atomic E-state index is 12.4. The summed E-state index contributed by atoms with van der Waals surface area (Å²) in [4.78, 5) is 24.3. The van der Waals surface area contributed by atoms with E-state index in [-0.39, 0.29) is 37.2 Å². The Balaban J connectivity index is 1.94. The molecule has 0 aromatic heterocycles. The number of esters is 1. The van der Waals surface area contributed by atoms with Crippen LogP contribution >= 0.6 is 0 Å². The summed E-state index contributed by atoms with van der Waals surface area (Å²) in [6, 6.07) is 4.87. The van der Waals surface area contributed by atoms with Crippen molar-refractivity contribution in [3.8, 4) is 5.75 Å². The molecule has 166 valence electrons. The molecule has 30 heavy (non-hydrogen) atoms. The molecule has 1 aliphatic rings. The molecule has 1 aliphatic heterocycles. The average Bonchev–Trinajstić information content (AvgIpc) is 2.64. The molecule has 0 saturated heterocycles. The molecule has 1 atom stereocenters. The van der Waals surface area contributed by atoms with E-state index in [1.165, 1.54) is 6.07 Å². The lowest BCUT2D eigenvalue weighted by molar-refractivity contribution is -0.137. The predicted molar refractivity (Wildman–Crippen MR) is 105 cm³/mol. The van der Waals surface area contributed by atoms with Crippen LogP contribution in [-0.4, -0.2) is 42.7 Å². The predicted octanol–water partition coefficient (Wildman–Crippen LogP) is 3.45. The van der Waals surface area contributed by atoms with Gasteiger partial charge in [-0.1, -0.05) is 26.0 Å². The third kappa shape index (κ3) is 7.55. The zero-order chi connectivity index (χ0) is 22.3. The van der Waals surface area contributed by atoms with Crippen molar-refractivity contribution in [3.63, 3.8) is 0 Å². The quantitative estimate of drug-likeness (QED) is 0.357. The van der Waals surface area contributed by atoms with Crippen molar-refractivity contribution in [1.82, 2.24) is 5.32 Å². The van der Waals surface area contributed by atoms with Crippen LogP contribution in [0.3, 0.4) is 0 Å². The van der Waals surface area contributed by atoms with Crippen molar-refractivity contribution in [1.29, 1.82) is 0 Å². The molecule has 1 amide bonds. The number of alkyl halides is 3. The van der Waals surface area contributed by atoms with Gasteiger partial charge in [0.15, 0.2) is 0 Å². The molecule has 1 aromatic carbocycles. The lowest BCUT2D eigenvalue weighted by atomic mass is 9.72. The highest BCUT2D eigenvalue weighted by Crippen LogP contribution is 2.31. The van der Waals surface area contributed by atoms with Gasteiger partial charge in [-0.25, -0.2) is 4.79 Å². The third-order valence-corrected chi connectivity index (χ3v) is 4.71. The van der Waals surface area contributed by atoms with E-state index in [2.05, 4.69) is 19.2 Å². The molecule has 1 heterocycles. The molecule has 0 radical (unpaired) electrons. The topological polar surface area (TPSA) is 84.9 Å². The minimum atomic E-state index is -4.31. The van der Waals surface area contributed by atoms with Gasteiger partial charge in [0, 0.05) is 12.8 Å². The Bertz CT molecular complexity index is 742. The minimum absolute atomic E-state index is 0.177.